The first-order valence-corrected chi connectivity index (χ1v) is 8.45. The van der Waals surface area contributed by atoms with E-state index < -0.39 is 0 Å². The predicted molar refractivity (Wildman–Crippen MR) is 91.2 cm³/mol. The Morgan fingerprint density at radius 3 is 2.96 bits per heavy atom. The Hall–Kier alpha value is -2.67. The molecule has 0 unspecified atom stereocenters. The molecular weight excluding hydrogens is 342 g/mol. The molecule has 1 aliphatic heterocycles. The van der Waals surface area contributed by atoms with Gasteiger partial charge in [0.25, 0.3) is 11.8 Å². The van der Waals surface area contributed by atoms with E-state index in [0.717, 1.165) is 19.4 Å². The van der Waals surface area contributed by atoms with Gasteiger partial charge in [0.1, 0.15) is 5.69 Å². The Bertz CT molecular complexity index is 876. The number of amides is 1. The average molecular weight is 358 g/mol. The van der Waals surface area contributed by atoms with E-state index in [4.69, 9.17) is 16.1 Å². The number of piperidine rings is 1. The van der Waals surface area contributed by atoms with Crippen LogP contribution in [0.15, 0.2) is 41.3 Å². The summed E-state index contributed by atoms with van der Waals surface area (Å²) in [7, 11) is 0. The van der Waals surface area contributed by atoms with Crippen LogP contribution in [-0.2, 0) is 0 Å². The second kappa shape index (κ2) is 6.68. The van der Waals surface area contributed by atoms with Crippen LogP contribution in [-0.4, -0.2) is 44.0 Å². The van der Waals surface area contributed by atoms with Crippen molar-refractivity contribution < 1.29 is 9.32 Å². The number of pyridine rings is 1. The maximum absolute atomic E-state index is 12.6. The number of likely N-dealkylation sites (tertiary alicyclic amines) is 1. The first kappa shape index (κ1) is 15.8. The molecule has 128 valence electrons. The molecule has 0 bridgehead atoms. The standard InChI is InChI=1S/C17H16ClN5O2/c18-13-8-14(20-9-13)16-21-15(22-25-16)12-2-1-7-23(10-12)17(24)11-3-5-19-6-4-11/h3-6,8-9,12,20H,1-2,7,10H2/t12-/m0/s1. The zero-order chi connectivity index (χ0) is 17.2. The smallest absolute Gasteiger partial charge is 0.274 e. The summed E-state index contributed by atoms with van der Waals surface area (Å²) < 4.78 is 5.33. The summed E-state index contributed by atoms with van der Waals surface area (Å²) in [5.41, 5.74) is 1.33. The minimum Gasteiger partial charge on any atom is -0.356 e. The Balaban J connectivity index is 1.50. The molecule has 3 aromatic heterocycles. The van der Waals surface area contributed by atoms with E-state index in [0.29, 0.717) is 34.5 Å². The molecule has 8 heteroatoms. The van der Waals surface area contributed by atoms with Crippen LogP contribution >= 0.6 is 11.6 Å². The van der Waals surface area contributed by atoms with Gasteiger partial charge in [-0.2, -0.15) is 4.98 Å². The lowest BCUT2D eigenvalue weighted by molar-refractivity contribution is 0.0703. The predicted octanol–water partition coefficient (Wildman–Crippen LogP) is 3.13. The normalized spacial score (nSPS) is 17.6. The summed E-state index contributed by atoms with van der Waals surface area (Å²) in [6.45, 7) is 1.31. The number of rotatable bonds is 3. The van der Waals surface area contributed by atoms with Crippen LogP contribution in [0, 0.1) is 0 Å². The highest BCUT2D eigenvalue weighted by Gasteiger charge is 2.28. The fraction of sp³-hybridized carbons (Fsp3) is 0.294. The van der Waals surface area contributed by atoms with Crippen molar-refractivity contribution in [3.63, 3.8) is 0 Å². The Kier molecular flexibility index (Phi) is 4.23. The molecule has 1 atom stereocenters. The molecule has 1 saturated heterocycles. The van der Waals surface area contributed by atoms with Crippen molar-refractivity contribution in [1.29, 1.82) is 0 Å². The van der Waals surface area contributed by atoms with E-state index in [1.54, 1.807) is 36.8 Å². The maximum Gasteiger partial charge on any atom is 0.274 e. The largest absolute Gasteiger partial charge is 0.356 e. The lowest BCUT2D eigenvalue weighted by Crippen LogP contribution is -2.39. The number of H-pyrrole nitrogens is 1. The number of nitrogens with zero attached hydrogens (tertiary/aromatic N) is 4. The van der Waals surface area contributed by atoms with Gasteiger partial charge in [-0.1, -0.05) is 16.8 Å². The molecule has 1 N–H and O–H groups in total. The van der Waals surface area contributed by atoms with Crippen LogP contribution in [0.5, 0.6) is 0 Å². The lowest BCUT2D eigenvalue weighted by atomic mass is 9.97. The monoisotopic (exact) mass is 357 g/mol. The number of nitrogens with one attached hydrogen (secondary N) is 1. The van der Waals surface area contributed by atoms with Crippen LogP contribution in [0.25, 0.3) is 11.6 Å². The minimum atomic E-state index is 0.00645. The van der Waals surface area contributed by atoms with Gasteiger partial charge in [-0.3, -0.25) is 9.78 Å². The van der Waals surface area contributed by atoms with Gasteiger partial charge in [0.2, 0.25) is 0 Å². The molecule has 1 amide bonds. The minimum absolute atomic E-state index is 0.00645. The molecular formula is C17H16ClN5O2. The van der Waals surface area contributed by atoms with E-state index in [1.165, 1.54) is 0 Å². The van der Waals surface area contributed by atoms with Gasteiger partial charge in [-0.25, -0.2) is 0 Å². The fourth-order valence-electron chi connectivity index (χ4n) is 3.05. The summed E-state index contributed by atoms with van der Waals surface area (Å²) in [6.07, 6.45) is 6.74. The van der Waals surface area contributed by atoms with Crippen LogP contribution in [0.1, 0.15) is 34.9 Å². The Morgan fingerprint density at radius 2 is 2.20 bits per heavy atom. The third-order valence-electron chi connectivity index (χ3n) is 4.32. The molecule has 0 aromatic carbocycles. The van der Waals surface area contributed by atoms with Crippen molar-refractivity contribution in [3.8, 4) is 11.6 Å². The van der Waals surface area contributed by atoms with E-state index >= 15 is 0 Å². The molecule has 0 aliphatic carbocycles. The van der Waals surface area contributed by atoms with Crippen LogP contribution in [0.3, 0.4) is 0 Å². The van der Waals surface area contributed by atoms with Gasteiger partial charge in [-0.15, -0.1) is 0 Å². The van der Waals surface area contributed by atoms with E-state index in [2.05, 4.69) is 20.1 Å². The molecule has 0 radical (unpaired) electrons. The number of halogens is 1. The topological polar surface area (TPSA) is 87.9 Å². The number of aromatic amines is 1. The van der Waals surface area contributed by atoms with Gasteiger partial charge in [-0.05, 0) is 31.0 Å². The number of carbonyl (C=O) groups excluding carboxylic acids is 1. The van der Waals surface area contributed by atoms with E-state index in [9.17, 15) is 4.79 Å². The van der Waals surface area contributed by atoms with Gasteiger partial charge < -0.3 is 14.4 Å². The third kappa shape index (κ3) is 3.28. The summed E-state index contributed by atoms with van der Waals surface area (Å²) in [6, 6.07) is 5.19. The Morgan fingerprint density at radius 1 is 1.36 bits per heavy atom. The first-order valence-electron chi connectivity index (χ1n) is 8.08. The van der Waals surface area contributed by atoms with Crippen molar-refractivity contribution in [2.24, 2.45) is 0 Å². The summed E-state index contributed by atoms with van der Waals surface area (Å²) in [4.78, 5) is 25.9. The van der Waals surface area contributed by atoms with Crippen molar-refractivity contribution in [2.45, 2.75) is 18.8 Å². The molecule has 3 aromatic rings. The van der Waals surface area contributed by atoms with E-state index in [-0.39, 0.29) is 11.8 Å². The number of hydrogen-bond acceptors (Lipinski definition) is 5. The van der Waals surface area contributed by atoms with Gasteiger partial charge >= 0.3 is 0 Å². The highest BCUT2D eigenvalue weighted by molar-refractivity contribution is 6.30. The van der Waals surface area contributed by atoms with Crippen molar-refractivity contribution in [1.82, 2.24) is 25.0 Å². The molecule has 0 spiro atoms. The average Bonchev–Trinajstić information content (AvgIpc) is 3.31. The van der Waals surface area contributed by atoms with E-state index in [1.807, 2.05) is 4.90 Å². The van der Waals surface area contributed by atoms with Gasteiger partial charge in [0.05, 0.1) is 5.02 Å². The zero-order valence-electron chi connectivity index (χ0n) is 13.4. The molecule has 0 saturated carbocycles. The second-order valence-electron chi connectivity index (χ2n) is 6.02. The van der Waals surface area contributed by atoms with Crippen molar-refractivity contribution in [2.75, 3.05) is 13.1 Å². The van der Waals surface area contributed by atoms with Crippen molar-refractivity contribution in [3.05, 3.63) is 53.2 Å². The molecule has 1 aliphatic rings. The zero-order valence-corrected chi connectivity index (χ0v) is 14.1. The molecule has 7 nitrogen and oxygen atoms in total. The quantitative estimate of drug-likeness (QED) is 0.778. The van der Waals surface area contributed by atoms with Gasteiger partial charge in [0.15, 0.2) is 5.82 Å². The third-order valence-corrected chi connectivity index (χ3v) is 4.54. The summed E-state index contributed by atoms with van der Waals surface area (Å²) >= 11 is 5.91. The second-order valence-corrected chi connectivity index (χ2v) is 6.45. The number of aromatic nitrogens is 4. The summed E-state index contributed by atoms with van der Waals surface area (Å²) in [5, 5.41) is 4.68. The van der Waals surface area contributed by atoms with Crippen LogP contribution < -0.4 is 0 Å². The molecule has 4 heterocycles. The van der Waals surface area contributed by atoms with Crippen LogP contribution in [0.2, 0.25) is 5.02 Å². The molecule has 25 heavy (non-hydrogen) atoms. The van der Waals surface area contributed by atoms with Crippen LogP contribution in [0.4, 0.5) is 0 Å². The number of carbonyl (C=O) groups is 1. The first-order chi connectivity index (χ1) is 12.2. The fourth-order valence-corrected chi connectivity index (χ4v) is 3.21. The summed E-state index contributed by atoms with van der Waals surface area (Å²) in [5.74, 6) is 1.09. The Labute approximate surface area is 149 Å². The van der Waals surface area contributed by atoms with Gasteiger partial charge in [0, 0.05) is 43.2 Å². The highest BCUT2D eigenvalue weighted by Crippen LogP contribution is 2.28. The highest BCUT2D eigenvalue weighted by atomic mass is 35.5. The SMILES string of the molecule is O=C(c1ccncc1)N1CCC[C@H](c2noc(-c3cc(Cl)c[nH]3)n2)C1. The maximum atomic E-state index is 12.6. The lowest BCUT2D eigenvalue weighted by Gasteiger charge is -2.31. The van der Waals surface area contributed by atoms with Crippen molar-refractivity contribution >= 4 is 17.5 Å². The molecule has 4 rings (SSSR count). The molecule has 1 fully saturated rings. The number of hydrogen-bond donors (Lipinski definition) is 1.